The first-order chi connectivity index (χ1) is 15.1. The van der Waals surface area contributed by atoms with E-state index in [1.807, 2.05) is 0 Å². The van der Waals surface area contributed by atoms with Gasteiger partial charge in [-0.2, -0.15) is 0 Å². The number of hydrogen-bond donors (Lipinski definition) is 3. The van der Waals surface area contributed by atoms with E-state index in [0.29, 0.717) is 0 Å². The second kappa shape index (κ2) is 8.81. The lowest BCUT2D eigenvalue weighted by Gasteiger charge is -2.29. The molecule has 32 heavy (non-hydrogen) atoms. The van der Waals surface area contributed by atoms with Crippen LogP contribution < -0.4 is 15.0 Å². The highest BCUT2D eigenvalue weighted by Crippen LogP contribution is 2.38. The van der Waals surface area contributed by atoms with E-state index in [9.17, 15) is 34.7 Å². The van der Waals surface area contributed by atoms with E-state index in [2.05, 4.69) is 5.32 Å². The Balaban J connectivity index is 2.09. The number of amides is 2. The van der Waals surface area contributed by atoms with E-state index in [0.717, 1.165) is 17.0 Å². The largest absolute Gasteiger partial charge is 0.500 e. The third-order valence-electron chi connectivity index (χ3n) is 4.34. The number of nitro groups is 1. The lowest BCUT2D eigenvalue weighted by atomic mass is 10.1. The topological polar surface area (TPSA) is 159 Å². The minimum atomic E-state index is -1.22. The van der Waals surface area contributed by atoms with Gasteiger partial charge in [-0.25, -0.2) is 4.79 Å². The zero-order chi connectivity index (χ0) is 23.6. The van der Waals surface area contributed by atoms with E-state index in [-0.39, 0.29) is 34.3 Å². The van der Waals surface area contributed by atoms with Gasteiger partial charge in [0.05, 0.1) is 22.8 Å². The molecule has 0 spiro atoms. The smallest absolute Gasteiger partial charge is 0.335 e. The van der Waals surface area contributed by atoms with Crippen LogP contribution in [0.2, 0.25) is 0 Å². The molecule has 0 radical (unpaired) electrons. The van der Waals surface area contributed by atoms with Gasteiger partial charge in [-0.05, 0) is 55.0 Å². The predicted octanol–water partition coefficient (Wildman–Crippen LogP) is 2.23. The molecule has 3 rings (SSSR count). The molecule has 2 aromatic rings. The summed E-state index contributed by atoms with van der Waals surface area (Å²) >= 11 is 5.07. The number of nitrogens with zero attached hydrogens (tertiary/aromatic N) is 2. The van der Waals surface area contributed by atoms with Gasteiger partial charge in [-0.15, -0.1) is 0 Å². The number of aromatic hydroxyl groups is 1. The highest BCUT2D eigenvalue weighted by Gasteiger charge is 2.35. The Morgan fingerprint density at radius 3 is 2.66 bits per heavy atom. The number of nitrogens with one attached hydrogen (secondary N) is 1. The molecule has 1 saturated heterocycles. The van der Waals surface area contributed by atoms with Gasteiger partial charge in [0, 0.05) is 6.07 Å². The van der Waals surface area contributed by atoms with Gasteiger partial charge >= 0.3 is 11.7 Å². The van der Waals surface area contributed by atoms with Crippen LogP contribution >= 0.6 is 12.2 Å². The van der Waals surface area contributed by atoms with Crippen LogP contribution in [0, 0.1) is 10.1 Å². The van der Waals surface area contributed by atoms with E-state index in [1.165, 1.54) is 30.3 Å². The Bertz CT molecular complexity index is 1210. The number of aromatic carboxylic acids is 1. The monoisotopic (exact) mass is 457 g/mol. The first kappa shape index (κ1) is 22.4. The molecule has 1 fully saturated rings. The molecule has 0 unspecified atom stereocenters. The summed E-state index contributed by atoms with van der Waals surface area (Å²) in [6.45, 7) is 1.71. The first-order valence-corrected chi connectivity index (χ1v) is 9.43. The Morgan fingerprint density at radius 1 is 1.31 bits per heavy atom. The van der Waals surface area contributed by atoms with Crippen LogP contribution in [-0.4, -0.2) is 44.6 Å². The lowest BCUT2D eigenvalue weighted by Crippen LogP contribution is -2.54. The number of benzene rings is 2. The van der Waals surface area contributed by atoms with Gasteiger partial charge in [0.25, 0.3) is 11.8 Å². The molecule has 11 nitrogen and oxygen atoms in total. The normalized spacial score (nSPS) is 15.0. The fourth-order valence-corrected chi connectivity index (χ4v) is 3.22. The van der Waals surface area contributed by atoms with Crippen LogP contribution in [0.5, 0.6) is 11.5 Å². The number of phenolic OH excluding ortho intramolecular Hbond substituents is 1. The van der Waals surface area contributed by atoms with Crippen LogP contribution in [0.3, 0.4) is 0 Å². The highest BCUT2D eigenvalue weighted by atomic mass is 32.1. The van der Waals surface area contributed by atoms with Gasteiger partial charge in [0.15, 0.2) is 10.9 Å². The molecule has 12 heteroatoms. The van der Waals surface area contributed by atoms with E-state index in [1.54, 1.807) is 6.92 Å². The molecule has 2 amide bonds. The van der Waals surface area contributed by atoms with Gasteiger partial charge in [-0.3, -0.25) is 29.9 Å². The molecular formula is C20H15N3O8S. The standard InChI is InChI=1S/C20H15N3O8S/c1-2-31-15-8-10(7-14(16(15)24)23(29)30)6-13-17(25)21-20(32)22(18(13)26)12-5-3-4-11(9-12)19(27)28/h3-9,24H,2H2,1H3,(H,27,28)(H,21,25,32). The Kier molecular flexibility index (Phi) is 6.16. The van der Waals surface area contributed by atoms with Gasteiger partial charge in [0.1, 0.15) is 5.57 Å². The number of carbonyl (C=O) groups is 3. The summed E-state index contributed by atoms with van der Waals surface area (Å²) in [7, 11) is 0. The molecule has 1 aliphatic heterocycles. The minimum Gasteiger partial charge on any atom is -0.500 e. The Morgan fingerprint density at radius 2 is 2.03 bits per heavy atom. The van der Waals surface area contributed by atoms with Crippen LogP contribution in [0.4, 0.5) is 11.4 Å². The molecule has 1 aliphatic rings. The molecular weight excluding hydrogens is 442 g/mol. The van der Waals surface area contributed by atoms with E-state index in [4.69, 9.17) is 17.0 Å². The van der Waals surface area contributed by atoms with Crippen molar-refractivity contribution in [1.29, 1.82) is 0 Å². The number of carbonyl (C=O) groups excluding carboxylic acids is 2. The maximum Gasteiger partial charge on any atom is 0.335 e. The lowest BCUT2D eigenvalue weighted by molar-refractivity contribution is -0.386. The molecule has 2 aromatic carbocycles. The van der Waals surface area contributed by atoms with Crippen molar-refractivity contribution < 1.29 is 34.3 Å². The zero-order valence-electron chi connectivity index (χ0n) is 16.4. The third-order valence-corrected chi connectivity index (χ3v) is 4.62. The van der Waals surface area contributed by atoms with E-state index < -0.39 is 39.7 Å². The fraction of sp³-hybridized carbons (Fsp3) is 0.100. The molecule has 164 valence electrons. The van der Waals surface area contributed by atoms with Crippen LogP contribution in [0.1, 0.15) is 22.8 Å². The summed E-state index contributed by atoms with van der Waals surface area (Å²) in [5.74, 6) is -3.82. The molecule has 0 saturated carbocycles. The summed E-state index contributed by atoms with van der Waals surface area (Å²) in [4.78, 5) is 48.1. The Hall–Kier alpha value is -4.32. The summed E-state index contributed by atoms with van der Waals surface area (Å²) in [5.41, 5.74) is -1.04. The van der Waals surface area contributed by atoms with Crippen molar-refractivity contribution in [2.24, 2.45) is 0 Å². The maximum atomic E-state index is 13.1. The van der Waals surface area contributed by atoms with E-state index >= 15 is 0 Å². The molecule has 0 atom stereocenters. The average Bonchev–Trinajstić information content (AvgIpc) is 2.73. The number of hydrogen-bond acceptors (Lipinski definition) is 8. The molecule has 0 aromatic heterocycles. The number of anilines is 1. The SMILES string of the molecule is CCOc1cc(C=C2C(=O)NC(=S)N(c3cccc(C(=O)O)c3)C2=O)cc([N+](=O)[O-])c1O. The predicted molar refractivity (Wildman–Crippen MR) is 116 cm³/mol. The van der Waals surface area contributed by atoms with Crippen molar-refractivity contribution in [2.45, 2.75) is 6.92 Å². The number of carboxylic acid groups (broad SMARTS) is 1. The van der Waals surface area contributed by atoms with Gasteiger partial charge in [-0.1, -0.05) is 6.07 Å². The average molecular weight is 457 g/mol. The molecule has 1 heterocycles. The molecule has 3 N–H and O–H groups in total. The summed E-state index contributed by atoms with van der Waals surface area (Å²) in [5, 5.41) is 32.5. The summed E-state index contributed by atoms with van der Waals surface area (Å²) < 4.78 is 5.20. The van der Waals surface area contributed by atoms with Crippen molar-refractivity contribution in [3.05, 3.63) is 63.2 Å². The number of thiocarbonyl (C=S) groups is 1. The van der Waals surface area contributed by atoms with Crippen molar-refractivity contribution >= 4 is 52.6 Å². The second-order valence-electron chi connectivity index (χ2n) is 6.39. The number of ether oxygens (including phenoxy) is 1. The number of rotatable bonds is 6. The van der Waals surface area contributed by atoms with Crippen molar-refractivity contribution in [1.82, 2.24) is 5.32 Å². The number of carboxylic acids is 1. The zero-order valence-corrected chi connectivity index (χ0v) is 17.2. The summed E-state index contributed by atoms with van der Waals surface area (Å²) in [6.07, 6.45) is 1.09. The van der Waals surface area contributed by atoms with Gasteiger partial charge in [0.2, 0.25) is 5.75 Å². The maximum absolute atomic E-state index is 13.1. The van der Waals surface area contributed by atoms with Gasteiger partial charge < -0.3 is 14.9 Å². The number of phenols is 1. The molecule has 0 bridgehead atoms. The van der Waals surface area contributed by atoms with Crippen LogP contribution in [0.25, 0.3) is 6.08 Å². The van der Waals surface area contributed by atoms with Crippen LogP contribution in [0.15, 0.2) is 42.0 Å². The van der Waals surface area contributed by atoms with Crippen molar-refractivity contribution in [3.8, 4) is 11.5 Å². The minimum absolute atomic E-state index is 0.0449. The first-order valence-electron chi connectivity index (χ1n) is 9.03. The van der Waals surface area contributed by atoms with Crippen molar-refractivity contribution in [2.75, 3.05) is 11.5 Å². The highest BCUT2D eigenvalue weighted by molar-refractivity contribution is 7.80. The summed E-state index contributed by atoms with van der Waals surface area (Å²) in [6, 6.07) is 7.59. The van der Waals surface area contributed by atoms with Crippen molar-refractivity contribution in [3.63, 3.8) is 0 Å². The quantitative estimate of drug-likeness (QED) is 0.194. The molecule has 0 aliphatic carbocycles. The second-order valence-corrected chi connectivity index (χ2v) is 6.78. The van der Waals surface area contributed by atoms with Crippen LogP contribution in [-0.2, 0) is 9.59 Å². The third kappa shape index (κ3) is 4.25. The Labute approximate surface area is 185 Å². The number of nitro benzene ring substituents is 1. The fourth-order valence-electron chi connectivity index (χ4n) is 2.94.